The van der Waals surface area contributed by atoms with Crippen molar-refractivity contribution in [2.75, 3.05) is 12.8 Å². The highest BCUT2D eigenvalue weighted by atomic mass is 32.2. The zero-order valence-electron chi connectivity index (χ0n) is 14.2. The first-order valence-electron chi connectivity index (χ1n) is 7.85. The molecule has 0 fully saturated rings. The number of carbonyl (C=O) groups is 1. The van der Waals surface area contributed by atoms with Gasteiger partial charge in [0.25, 0.3) is 0 Å². The summed E-state index contributed by atoms with van der Waals surface area (Å²) < 4.78 is 1.88. The highest BCUT2D eigenvalue weighted by molar-refractivity contribution is 7.99. The Balaban J connectivity index is 1.60. The molecule has 0 aliphatic rings. The normalized spacial score (nSPS) is 10.6. The van der Waals surface area contributed by atoms with E-state index in [9.17, 15) is 4.79 Å². The lowest BCUT2D eigenvalue weighted by Gasteiger charge is -2.16. The van der Waals surface area contributed by atoms with E-state index in [2.05, 4.69) is 15.2 Å². The predicted octanol–water partition coefficient (Wildman–Crippen LogP) is 2.63. The van der Waals surface area contributed by atoms with E-state index in [1.54, 1.807) is 17.3 Å². The average Bonchev–Trinajstić information content (AvgIpc) is 3.02. The summed E-state index contributed by atoms with van der Waals surface area (Å²) in [5, 5.41) is 9.10. The van der Waals surface area contributed by atoms with Crippen molar-refractivity contribution in [3.8, 4) is 11.4 Å². The smallest absolute Gasteiger partial charge is 0.233 e. The first-order valence-corrected chi connectivity index (χ1v) is 8.84. The number of aromatic nitrogens is 4. The van der Waals surface area contributed by atoms with Gasteiger partial charge in [-0.25, -0.2) is 0 Å². The van der Waals surface area contributed by atoms with Crippen molar-refractivity contribution in [3.63, 3.8) is 0 Å². The zero-order valence-corrected chi connectivity index (χ0v) is 15.0. The summed E-state index contributed by atoms with van der Waals surface area (Å²) in [7, 11) is 3.70. The first-order chi connectivity index (χ1) is 12.1. The molecule has 0 unspecified atom stereocenters. The fraction of sp³-hybridized carbons (Fsp3) is 0.222. The molecule has 3 aromatic rings. The maximum atomic E-state index is 12.3. The van der Waals surface area contributed by atoms with Gasteiger partial charge >= 0.3 is 0 Å². The molecule has 0 radical (unpaired) electrons. The molecule has 0 aliphatic heterocycles. The molecule has 1 amide bonds. The van der Waals surface area contributed by atoms with Crippen molar-refractivity contribution in [1.82, 2.24) is 24.6 Å². The van der Waals surface area contributed by atoms with Crippen LogP contribution in [0.25, 0.3) is 11.4 Å². The van der Waals surface area contributed by atoms with E-state index >= 15 is 0 Å². The Morgan fingerprint density at radius 3 is 2.68 bits per heavy atom. The van der Waals surface area contributed by atoms with Crippen LogP contribution in [0.1, 0.15) is 5.56 Å². The van der Waals surface area contributed by atoms with Crippen molar-refractivity contribution in [3.05, 3.63) is 60.4 Å². The van der Waals surface area contributed by atoms with Crippen LogP contribution in [0.5, 0.6) is 0 Å². The van der Waals surface area contributed by atoms with Crippen LogP contribution in [0.4, 0.5) is 0 Å². The number of pyridine rings is 1. The molecule has 2 aromatic heterocycles. The van der Waals surface area contributed by atoms with E-state index in [1.807, 2.05) is 61.1 Å². The second kappa shape index (κ2) is 7.94. The van der Waals surface area contributed by atoms with Crippen molar-refractivity contribution < 1.29 is 4.79 Å². The van der Waals surface area contributed by atoms with Crippen molar-refractivity contribution >= 4 is 17.7 Å². The van der Waals surface area contributed by atoms with Crippen molar-refractivity contribution in [2.45, 2.75) is 11.7 Å². The van der Waals surface area contributed by atoms with E-state index < -0.39 is 0 Å². The minimum Gasteiger partial charge on any atom is -0.341 e. The topological polar surface area (TPSA) is 63.9 Å². The number of hydrogen-bond acceptors (Lipinski definition) is 5. The third-order valence-corrected chi connectivity index (χ3v) is 4.77. The van der Waals surface area contributed by atoms with Crippen LogP contribution in [0.3, 0.4) is 0 Å². The van der Waals surface area contributed by atoms with Gasteiger partial charge in [-0.3, -0.25) is 9.78 Å². The van der Waals surface area contributed by atoms with E-state index in [4.69, 9.17) is 0 Å². The lowest BCUT2D eigenvalue weighted by Crippen LogP contribution is -2.27. The van der Waals surface area contributed by atoms with Crippen LogP contribution >= 0.6 is 11.8 Å². The lowest BCUT2D eigenvalue weighted by atomic mass is 10.2. The first kappa shape index (κ1) is 17.2. The molecule has 0 bridgehead atoms. The monoisotopic (exact) mass is 353 g/mol. The van der Waals surface area contributed by atoms with Crippen LogP contribution in [0, 0.1) is 0 Å². The van der Waals surface area contributed by atoms with Crippen molar-refractivity contribution in [1.29, 1.82) is 0 Å². The van der Waals surface area contributed by atoms with Gasteiger partial charge in [-0.2, -0.15) is 0 Å². The molecule has 0 atom stereocenters. The second-order valence-corrected chi connectivity index (χ2v) is 6.57. The summed E-state index contributed by atoms with van der Waals surface area (Å²) in [5.41, 5.74) is 2.01. The van der Waals surface area contributed by atoms with Crippen LogP contribution in [0.2, 0.25) is 0 Å². The van der Waals surface area contributed by atoms with Crippen LogP contribution < -0.4 is 0 Å². The molecule has 0 aliphatic carbocycles. The fourth-order valence-corrected chi connectivity index (χ4v) is 3.22. The molecule has 6 nitrogen and oxygen atoms in total. The van der Waals surface area contributed by atoms with Gasteiger partial charge in [0, 0.05) is 38.6 Å². The summed E-state index contributed by atoms with van der Waals surface area (Å²) >= 11 is 1.39. The Kier molecular flexibility index (Phi) is 5.45. The summed E-state index contributed by atoms with van der Waals surface area (Å²) in [4.78, 5) is 18.2. The van der Waals surface area contributed by atoms with Gasteiger partial charge in [0.05, 0.1) is 5.75 Å². The maximum Gasteiger partial charge on any atom is 0.233 e. The average molecular weight is 353 g/mol. The van der Waals surface area contributed by atoms with Crippen molar-refractivity contribution in [2.24, 2.45) is 7.05 Å². The third-order valence-electron chi connectivity index (χ3n) is 3.77. The highest BCUT2D eigenvalue weighted by Gasteiger charge is 2.15. The van der Waals surface area contributed by atoms with Gasteiger partial charge in [0.1, 0.15) is 0 Å². The fourth-order valence-electron chi connectivity index (χ4n) is 2.37. The van der Waals surface area contributed by atoms with Gasteiger partial charge in [-0.15, -0.1) is 10.2 Å². The van der Waals surface area contributed by atoms with Gasteiger partial charge in [-0.1, -0.05) is 42.1 Å². The second-order valence-electron chi connectivity index (χ2n) is 5.63. The Bertz CT molecular complexity index is 835. The number of nitrogens with zero attached hydrogens (tertiary/aromatic N) is 5. The molecule has 2 heterocycles. The molecule has 7 heteroatoms. The number of rotatable bonds is 6. The van der Waals surface area contributed by atoms with Gasteiger partial charge in [0.15, 0.2) is 11.0 Å². The van der Waals surface area contributed by atoms with Gasteiger partial charge in [0.2, 0.25) is 5.91 Å². The standard InChI is InChI=1S/C18H19N5OS/c1-22(12-14-7-4-3-5-8-14)16(24)13-25-18-21-20-17(23(18)2)15-9-6-10-19-11-15/h3-11H,12-13H2,1-2H3. The number of amides is 1. The lowest BCUT2D eigenvalue weighted by molar-refractivity contribution is -0.127. The molecule has 0 N–H and O–H groups in total. The van der Waals surface area contributed by atoms with E-state index in [0.29, 0.717) is 17.5 Å². The molecule has 128 valence electrons. The number of hydrogen-bond donors (Lipinski definition) is 0. The Morgan fingerprint density at radius 1 is 1.16 bits per heavy atom. The molecule has 3 rings (SSSR count). The largest absolute Gasteiger partial charge is 0.341 e. The zero-order chi connectivity index (χ0) is 17.6. The molecular weight excluding hydrogens is 334 g/mol. The summed E-state index contributed by atoms with van der Waals surface area (Å²) in [6, 6.07) is 13.7. The van der Waals surface area contributed by atoms with Crippen LogP contribution in [-0.4, -0.2) is 43.4 Å². The quantitative estimate of drug-likeness (QED) is 0.638. The number of carbonyl (C=O) groups excluding carboxylic acids is 1. The van der Waals surface area contributed by atoms with E-state index in [-0.39, 0.29) is 5.91 Å². The van der Waals surface area contributed by atoms with Crippen LogP contribution in [0.15, 0.2) is 60.0 Å². The molecule has 1 aromatic carbocycles. The number of thioether (sulfide) groups is 1. The SMILES string of the molecule is CN(Cc1ccccc1)C(=O)CSc1nnc(-c2cccnc2)n1C. The Morgan fingerprint density at radius 2 is 1.96 bits per heavy atom. The predicted molar refractivity (Wildman–Crippen MR) is 97.9 cm³/mol. The third kappa shape index (κ3) is 4.24. The summed E-state index contributed by atoms with van der Waals surface area (Å²) in [5.74, 6) is 1.11. The van der Waals surface area contributed by atoms with E-state index in [1.165, 1.54) is 11.8 Å². The summed E-state index contributed by atoms with van der Waals surface area (Å²) in [6.45, 7) is 0.597. The van der Waals surface area contributed by atoms with Gasteiger partial charge < -0.3 is 9.47 Å². The molecule has 0 saturated carbocycles. The maximum absolute atomic E-state index is 12.3. The molecule has 25 heavy (non-hydrogen) atoms. The summed E-state index contributed by atoms with van der Waals surface area (Å²) in [6.07, 6.45) is 3.47. The minimum absolute atomic E-state index is 0.0554. The highest BCUT2D eigenvalue weighted by Crippen LogP contribution is 2.22. The van der Waals surface area contributed by atoms with Crippen LogP contribution in [-0.2, 0) is 18.4 Å². The molecular formula is C18H19N5OS. The minimum atomic E-state index is 0.0554. The molecule has 0 spiro atoms. The Labute approximate surface area is 150 Å². The Hall–Kier alpha value is -2.67. The van der Waals surface area contributed by atoms with Gasteiger partial charge in [-0.05, 0) is 17.7 Å². The van der Waals surface area contributed by atoms with E-state index in [0.717, 1.165) is 17.0 Å². The number of benzene rings is 1. The molecule has 0 saturated heterocycles.